The number of carboxylic acids is 1. The number of benzene rings is 1. The van der Waals surface area contributed by atoms with E-state index in [4.69, 9.17) is 0 Å². The molecule has 2 aliphatic rings. The Kier molecular flexibility index (Phi) is 2.46. The van der Waals surface area contributed by atoms with Crippen LogP contribution in [0.1, 0.15) is 42.4 Å². The summed E-state index contributed by atoms with van der Waals surface area (Å²) in [6, 6.07) is 6.57. The summed E-state index contributed by atoms with van der Waals surface area (Å²) >= 11 is 0. The number of carbonyl (C=O) groups is 1. The van der Waals surface area contributed by atoms with Gasteiger partial charge in [0.15, 0.2) is 0 Å². The molecule has 3 rings (SSSR count). The highest BCUT2D eigenvalue weighted by atomic mass is 16.4. The molecule has 0 radical (unpaired) electrons. The van der Waals surface area contributed by atoms with E-state index in [2.05, 4.69) is 18.2 Å². The van der Waals surface area contributed by atoms with Crippen molar-refractivity contribution in [3.63, 3.8) is 0 Å². The Morgan fingerprint density at radius 1 is 1.18 bits per heavy atom. The summed E-state index contributed by atoms with van der Waals surface area (Å²) in [4.78, 5) is 11.3. The lowest BCUT2D eigenvalue weighted by Gasteiger charge is -2.37. The molecule has 2 aliphatic carbocycles. The van der Waals surface area contributed by atoms with Gasteiger partial charge in [0, 0.05) is 0 Å². The fourth-order valence-corrected chi connectivity index (χ4v) is 3.20. The summed E-state index contributed by atoms with van der Waals surface area (Å²) in [6.45, 7) is 0. The fraction of sp³-hybridized carbons (Fsp3) is 0.533. The van der Waals surface area contributed by atoms with Crippen LogP contribution in [0.5, 0.6) is 0 Å². The number of fused-ring (bicyclic) bond motifs is 1. The second kappa shape index (κ2) is 3.86. The van der Waals surface area contributed by atoms with Gasteiger partial charge in [-0.15, -0.1) is 0 Å². The molecule has 0 atom stereocenters. The molecule has 1 N–H and O–H groups in total. The van der Waals surface area contributed by atoms with Crippen LogP contribution >= 0.6 is 0 Å². The molecule has 0 aliphatic heterocycles. The van der Waals surface area contributed by atoms with E-state index in [-0.39, 0.29) is 0 Å². The SMILES string of the molecule is O=C(O)C1(Cc2ccc3c(c2)CCC3)CCC1. The predicted octanol–water partition coefficient (Wildman–Crippen LogP) is 2.97. The molecule has 17 heavy (non-hydrogen) atoms. The average molecular weight is 230 g/mol. The highest BCUT2D eigenvalue weighted by molar-refractivity contribution is 5.76. The van der Waals surface area contributed by atoms with Gasteiger partial charge in [-0.1, -0.05) is 24.6 Å². The molecule has 0 heterocycles. The standard InChI is InChI=1S/C15H18O2/c16-14(17)15(7-2-8-15)10-11-5-6-12-3-1-4-13(12)9-11/h5-6,9H,1-4,7-8,10H2,(H,16,17). The number of aliphatic carboxylic acids is 1. The summed E-state index contributed by atoms with van der Waals surface area (Å²) in [7, 11) is 0. The predicted molar refractivity (Wildman–Crippen MR) is 66.1 cm³/mol. The Labute approximate surface area is 102 Å². The first-order valence-electron chi connectivity index (χ1n) is 6.54. The van der Waals surface area contributed by atoms with Gasteiger partial charge in [0.2, 0.25) is 0 Å². The minimum Gasteiger partial charge on any atom is -0.481 e. The van der Waals surface area contributed by atoms with Crippen LogP contribution in [0, 0.1) is 5.41 Å². The van der Waals surface area contributed by atoms with Gasteiger partial charge in [0.05, 0.1) is 5.41 Å². The Hall–Kier alpha value is -1.31. The molecule has 0 amide bonds. The van der Waals surface area contributed by atoms with Crippen LogP contribution in [-0.2, 0) is 24.1 Å². The Balaban J connectivity index is 1.83. The summed E-state index contributed by atoms with van der Waals surface area (Å²) in [5.41, 5.74) is 3.68. The molecule has 0 unspecified atom stereocenters. The lowest BCUT2D eigenvalue weighted by Crippen LogP contribution is -2.39. The third-order valence-electron chi connectivity index (χ3n) is 4.47. The zero-order valence-electron chi connectivity index (χ0n) is 10.0. The van der Waals surface area contributed by atoms with Crippen LogP contribution < -0.4 is 0 Å². The van der Waals surface area contributed by atoms with Crippen molar-refractivity contribution >= 4 is 5.97 Å². The van der Waals surface area contributed by atoms with E-state index in [1.165, 1.54) is 36.0 Å². The first kappa shape index (κ1) is 10.8. The minimum absolute atomic E-state index is 0.452. The first-order valence-corrected chi connectivity index (χ1v) is 6.54. The van der Waals surface area contributed by atoms with Crippen molar-refractivity contribution in [2.24, 2.45) is 5.41 Å². The van der Waals surface area contributed by atoms with Crippen LogP contribution in [-0.4, -0.2) is 11.1 Å². The van der Waals surface area contributed by atoms with E-state index in [1.807, 2.05) is 0 Å². The molecule has 1 fully saturated rings. The van der Waals surface area contributed by atoms with Gasteiger partial charge in [0.25, 0.3) is 0 Å². The molecular formula is C15H18O2. The third kappa shape index (κ3) is 1.76. The normalized spacial score (nSPS) is 20.7. The number of aryl methyl sites for hydroxylation is 2. The summed E-state index contributed by atoms with van der Waals surface area (Å²) < 4.78 is 0. The zero-order valence-corrected chi connectivity index (χ0v) is 10.0. The van der Waals surface area contributed by atoms with Crippen molar-refractivity contribution < 1.29 is 9.90 Å². The maximum Gasteiger partial charge on any atom is 0.309 e. The van der Waals surface area contributed by atoms with E-state index in [0.717, 1.165) is 25.7 Å². The van der Waals surface area contributed by atoms with E-state index < -0.39 is 11.4 Å². The maximum absolute atomic E-state index is 11.3. The van der Waals surface area contributed by atoms with Gasteiger partial charge in [0.1, 0.15) is 0 Å². The molecule has 90 valence electrons. The van der Waals surface area contributed by atoms with Crippen LogP contribution in [0.3, 0.4) is 0 Å². The smallest absolute Gasteiger partial charge is 0.309 e. The van der Waals surface area contributed by atoms with Crippen LogP contribution in [0.2, 0.25) is 0 Å². The first-order chi connectivity index (χ1) is 8.20. The van der Waals surface area contributed by atoms with E-state index >= 15 is 0 Å². The fourth-order valence-electron chi connectivity index (χ4n) is 3.20. The second-order valence-corrected chi connectivity index (χ2v) is 5.57. The largest absolute Gasteiger partial charge is 0.481 e. The van der Waals surface area contributed by atoms with Crippen molar-refractivity contribution in [2.75, 3.05) is 0 Å². The summed E-state index contributed by atoms with van der Waals surface area (Å²) in [6.07, 6.45) is 7.09. The molecule has 1 aromatic rings. The van der Waals surface area contributed by atoms with E-state index in [9.17, 15) is 9.90 Å². The molecular weight excluding hydrogens is 212 g/mol. The number of hydrogen-bond acceptors (Lipinski definition) is 1. The van der Waals surface area contributed by atoms with Gasteiger partial charge >= 0.3 is 5.97 Å². The second-order valence-electron chi connectivity index (χ2n) is 5.57. The highest BCUT2D eigenvalue weighted by Crippen LogP contribution is 2.44. The Morgan fingerprint density at radius 3 is 2.59 bits per heavy atom. The lowest BCUT2D eigenvalue weighted by molar-refractivity contribution is -0.154. The number of carboxylic acid groups (broad SMARTS) is 1. The Bertz CT molecular complexity index is 458. The van der Waals surface area contributed by atoms with Crippen molar-refractivity contribution in [3.05, 3.63) is 34.9 Å². The third-order valence-corrected chi connectivity index (χ3v) is 4.47. The molecule has 0 aromatic heterocycles. The van der Waals surface area contributed by atoms with Gasteiger partial charge in [-0.25, -0.2) is 0 Å². The monoisotopic (exact) mass is 230 g/mol. The molecule has 0 bridgehead atoms. The van der Waals surface area contributed by atoms with E-state index in [1.54, 1.807) is 0 Å². The zero-order chi connectivity index (χ0) is 11.9. The van der Waals surface area contributed by atoms with Crippen LogP contribution in [0.4, 0.5) is 0 Å². The number of rotatable bonds is 3. The molecule has 1 aromatic carbocycles. The van der Waals surface area contributed by atoms with Crippen LogP contribution in [0.25, 0.3) is 0 Å². The van der Waals surface area contributed by atoms with Gasteiger partial charge in [-0.2, -0.15) is 0 Å². The van der Waals surface area contributed by atoms with Crippen molar-refractivity contribution in [1.29, 1.82) is 0 Å². The van der Waals surface area contributed by atoms with Gasteiger partial charge in [-0.05, 0) is 55.2 Å². The van der Waals surface area contributed by atoms with Gasteiger partial charge < -0.3 is 5.11 Å². The molecule has 2 heteroatoms. The summed E-state index contributed by atoms with van der Waals surface area (Å²) in [5.74, 6) is -0.607. The molecule has 2 nitrogen and oxygen atoms in total. The molecule has 0 saturated heterocycles. The van der Waals surface area contributed by atoms with Crippen molar-refractivity contribution in [1.82, 2.24) is 0 Å². The number of hydrogen-bond donors (Lipinski definition) is 1. The lowest BCUT2D eigenvalue weighted by atomic mass is 9.65. The Morgan fingerprint density at radius 2 is 1.94 bits per heavy atom. The molecule has 0 spiro atoms. The minimum atomic E-state index is -0.607. The van der Waals surface area contributed by atoms with Crippen molar-refractivity contribution in [3.8, 4) is 0 Å². The highest BCUT2D eigenvalue weighted by Gasteiger charge is 2.44. The quantitative estimate of drug-likeness (QED) is 0.866. The van der Waals surface area contributed by atoms with E-state index in [0.29, 0.717) is 0 Å². The van der Waals surface area contributed by atoms with Crippen LogP contribution in [0.15, 0.2) is 18.2 Å². The topological polar surface area (TPSA) is 37.3 Å². The van der Waals surface area contributed by atoms with Crippen molar-refractivity contribution in [2.45, 2.75) is 44.9 Å². The molecule has 1 saturated carbocycles. The average Bonchev–Trinajstić information content (AvgIpc) is 2.69. The maximum atomic E-state index is 11.3. The van der Waals surface area contributed by atoms with Gasteiger partial charge in [-0.3, -0.25) is 4.79 Å². The summed E-state index contributed by atoms with van der Waals surface area (Å²) in [5, 5.41) is 9.34.